The third-order valence-corrected chi connectivity index (χ3v) is 4.17. The second kappa shape index (κ2) is 6.79. The first-order chi connectivity index (χ1) is 10.0. The van der Waals surface area contributed by atoms with Gasteiger partial charge in [0.05, 0.1) is 14.2 Å². The van der Waals surface area contributed by atoms with Gasteiger partial charge in [0.15, 0.2) is 5.82 Å². The number of anilines is 1. The Balaban J connectivity index is 2.46. The van der Waals surface area contributed by atoms with Crippen molar-refractivity contribution in [1.29, 1.82) is 0 Å². The normalized spacial score (nSPS) is 10.4. The van der Waals surface area contributed by atoms with Gasteiger partial charge in [0.1, 0.15) is 5.82 Å². The van der Waals surface area contributed by atoms with E-state index in [-0.39, 0.29) is 5.69 Å². The van der Waals surface area contributed by atoms with Crippen LogP contribution in [-0.2, 0) is 0 Å². The van der Waals surface area contributed by atoms with Gasteiger partial charge < -0.3 is 5.32 Å². The van der Waals surface area contributed by atoms with E-state index in [4.69, 9.17) is 0 Å². The number of halogens is 1. The van der Waals surface area contributed by atoms with Crippen LogP contribution >= 0.6 is 22.6 Å². The Bertz CT molecular complexity index is 676. The number of hydrogen-bond acceptors (Lipinski definition) is 5. The minimum absolute atomic E-state index is 0.0374. The number of rotatable bonds is 5. The molecular formula is C14H15IN4O2. The SMILES string of the molecule is CCCNc1nc(-c2cccc([N+](=O)[O-])c2)nc(C)c1I. The first kappa shape index (κ1) is 15.6. The van der Waals surface area contributed by atoms with E-state index in [1.807, 2.05) is 6.92 Å². The van der Waals surface area contributed by atoms with E-state index in [0.29, 0.717) is 11.4 Å². The maximum Gasteiger partial charge on any atom is 0.270 e. The molecule has 0 unspecified atom stereocenters. The standard InChI is InChI=1S/C14H15IN4O2/c1-3-7-16-14-12(15)9(2)17-13(18-14)10-5-4-6-11(8-10)19(20)21/h4-6,8H,3,7H2,1-2H3,(H,16,17,18). The van der Waals surface area contributed by atoms with Gasteiger partial charge in [-0.15, -0.1) is 0 Å². The summed E-state index contributed by atoms with van der Waals surface area (Å²) in [5.74, 6) is 1.27. The average molecular weight is 398 g/mol. The molecule has 6 nitrogen and oxygen atoms in total. The molecule has 0 saturated carbocycles. The highest BCUT2D eigenvalue weighted by Crippen LogP contribution is 2.25. The lowest BCUT2D eigenvalue weighted by Crippen LogP contribution is -2.07. The van der Waals surface area contributed by atoms with E-state index in [0.717, 1.165) is 28.0 Å². The van der Waals surface area contributed by atoms with Crippen LogP contribution in [0.25, 0.3) is 11.4 Å². The molecule has 1 aromatic heterocycles. The van der Waals surface area contributed by atoms with Crippen molar-refractivity contribution in [3.63, 3.8) is 0 Å². The van der Waals surface area contributed by atoms with E-state index in [9.17, 15) is 10.1 Å². The lowest BCUT2D eigenvalue weighted by atomic mass is 10.2. The number of nitro groups is 1. The average Bonchev–Trinajstić information content (AvgIpc) is 2.48. The summed E-state index contributed by atoms with van der Waals surface area (Å²) in [5.41, 5.74) is 1.53. The third kappa shape index (κ3) is 3.66. The first-order valence-corrected chi connectivity index (χ1v) is 7.63. The van der Waals surface area contributed by atoms with Gasteiger partial charge in [-0.25, -0.2) is 9.97 Å². The third-order valence-electron chi connectivity index (χ3n) is 2.87. The molecule has 0 spiro atoms. The molecule has 1 N–H and O–H groups in total. The summed E-state index contributed by atoms with van der Waals surface area (Å²) < 4.78 is 0.968. The van der Waals surface area contributed by atoms with Gasteiger partial charge in [-0.05, 0) is 35.9 Å². The van der Waals surface area contributed by atoms with Gasteiger partial charge in [-0.2, -0.15) is 0 Å². The first-order valence-electron chi connectivity index (χ1n) is 6.55. The molecule has 110 valence electrons. The zero-order chi connectivity index (χ0) is 15.4. The second-order valence-corrected chi connectivity index (χ2v) is 5.61. The van der Waals surface area contributed by atoms with Crippen molar-refractivity contribution in [2.45, 2.75) is 20.3 Å². The predicted molar refractivity (Wildman–Crippen MR) is 90.4 cm³/mol. The zero-order valence-electron chi connectivity index (χ0n) is 11.8. The van der Waals surface area contributed by atoms with Crippen LogP contribution in [0.1, 0.15) is 19.0 Å². The molecular weight excluding hydrogens is 383 g/mol. The number of nitrogens with one attached hydrogen (secondary N) is 1. The molecule has 0 aliphatic heterocycles. The Labute approximate surface area is 136 Å². The van der Waals surface area contributed by atoms with Crippen molar-refractivity contribution < 1.29 is 4.92 Å². The fourth-order valence-electron chi connectivity index (χ4n) is 1.81. The number of non-ortho nitro benzene ring substituents is 1. The van der Waals surface area contributed by atoms with Gasteiger partial charge in [-0.1, -0.05) is 19.1 Å². The number of aromatic nitrogens is 2. The molecule has 0 aliphatic rings. The van der Waals surface area contributed by atoms with E-state index >= 15 is 0 Å². The van der Waals surface area contributed by atoms with Crippen LogP contribution in [0.3, 0.4) is 0 Å². The fourth-order valence-corrected chi connectivity index (χ4v) is 2.24. The van der Waals surface area contributed by atoms with E-state index in [2.05, 4.69) is 44.8 Å². The summed E-state index contributed by atoms with van der Waals surface area (Å²) in [6.45, 7) is 4.80. The lowest BCUT2D eigenvalue weighted by Gasteiger charge is -2.10. The van der Waals surface area contributed by atoms with Gasteiger partial charge in [0.2, 0.25) is 0 Å². The summed E-state index contributed by atoms with van der Waals surface area (Å²) in [6.07, 6.45) is 0.991. The number of hydrogen-bond donors (Lipinski definition) is 1. The van der Waals surface area contributed by atoms with E-state index in [1.54, 1.807) is 12.1 Å². The Hall–Kier alpha value is -1.77. The Morgan fingerprint density at radius 2 is 2.14 bits per heavy atom. The smallest absolute Gasteiger partial charge is 0.270 e. The lowest BCUT2D eigenvalue weighted by molar-refractivity contribution is -0.384. The summed E-state index contributed by atoms with van der Waals surface area (Å²) >= 11 is 2.20. The molecule has 0 saturated heterocycles. The molecule has 21 heavy (non-hydrogen) atoms. The zero-order valence-corrected chi connectivity index (χ0v) is 13.9. The summed E-state index contributed by atoms with van der Waals surface area (Å²) in [6, 6.07) is 6.37. The Morgan fingerprint density at radius 3 is 2.81 bits per heavy atom. The number of benzene rings is 1. The predicted octanol–water partition coefficient (Wildman–Crippen LogP) is 3.79. The van der Waals surface area contributed by atoms with Crippen LogP contribution in [0.15, 0.2) is 24.3 Å². The van der Waals surface area contributed by atoms with Crippen LogP contribution in [0, 0.1) is 20.6 Å². The van der Waals surface area contributed by atoms with Crippen LogP contribution < -0.4 is 5.32 Å². The molecule has 0 radical (unpaired) electrons. The second-order valence-electron chi connectivity index (χ2n) is 4.53. The molecule has 1 heterocycles. The van der Waals surface area contributed by atoms with Gasteiger partial charge in [-0.3, -0.25) is 10.1 Å². The van der Waals surface area contributed by atoms with Crippen molar-refractivity contribution >= 4 is 34.1 Å². The Morgan fingerprint density at radius 1 is 1.38 bits per heavy atom. The minimum Gasteiger partial charge on any atom is -0.369 e. The molecule has 2 aromatic rings. The summed E-state index contributed by atoms with van der Waals surface area (Å²) in [4.78, 5) is 19.4. The Kier molecular flexibility index (Phi) is 5.05. The highest BCUT2D eigenvalue weighted by molar-refractivity contribution is 14.1. The van der Waals surface area contributed by atoms with E-state index < -0.39 is 4.92 Å². The van der Waals surface area contributed by atoms with Crippen LogP contribution in [0.2, 0.25) is 0 Å². The number of aryl methyl sites for hydroxylation is 1. The minimum atomic E-state index is -0.417. The summed E-state index contributed by atoms with van der Waals surface area (Å²) in [7, 11) is 0. The van der Waals surface area contributed by atoms with E-state index in [1.165, 1.54) is 12.1 Å². The number of nitrogens with zero attached hydrogens (tertiary/aromatic N) is 3. The maximum absolute atomic E-state index is 10.9. The fraction of sp³-hybridized carbons (Fsp3) is 0.286. The van der Waals surface area contributed by atoms with Crippen molar-refractivity contribution in [1.82, 2.24) is 9.97 Å². The van der Waals surface area contributed by atoms with Crippen molar-refractivity contribution in [2.24, 2.45) is 0 Å². The van der Waals surface area contributed by atoms with Gasteiger partial charge >= 0.3 is 0 Å². The summed E-state index contributed by atoms with van der Waals surface area (Å²) in [5, 5.41) is 14.1. The van der Waals surface area contributed by atoms with Crippen LogP contribution in [0.4, 0.5) is 11.5 Å². The van der Waals surface area contributed by atoms with Crippen molar-refractivity contribution in [3.05, 3.63) is 43.6 Å². The topological polar surface area (TPSA) is 81.0 Å². The molecule has 0 bridgehead atoms. The van der Waals surface area contributed by atoms with Gasteiger partial charge in [0, 0.05) is 24.2 Å². The van der Waals surface area contributed by atoms with Crippen LogP contribution in [0.5, 0.6) is 0 Å². The highest BCUT2D eigenvalue weighted by Gasteiger charge is 2.13. The molecule has 0 amide bonds. The highest BCUT2D eigenvalue weighted by atomic mass is 127. The van der Waals surface area contributed by atoms with Crippen molar-refractivity contribution in [2.75, 3.05) is 11.9 Å². The molecule has 2 rings (SSSR count). The number of nitro benzene ring substituents is 1. The van der Waals surface area contributed by atoms with Crippen molar-refractivity contribution in [3.8, 4) is 11.4 Å². The monoisotopic (exact) mass is 398 g/mol. The van der Waals surface area contributed by atoms with Crippen LogP contribution in [-0.4, -0.2) is 21.4 Å². The molecule has 0 aliphatic carbocycles. The molecule has 0 atom stereocenters. The molecule has 0 fully saturated rings. The largest absolute Gasteiger partial charge is 0.369 e. The quantitative estimate of drug-likeness (QED) is 0.471. The molecule has 1 aromatic carbocycles. The molecule has 7 heteroatoms. The van der Waals surface area contributed by atoms with Gasteiger partial charge in [0.25, 0.3) is 5.69 Å². The maximum atomic E-state index is 10.9.